The Kier molecular flexibility index (Phi) is 6.59. The van der Waals surface area contributed by atoms with E-state index in [1.54, 1.807) is 41.5 Å². The summed E-state index contributed by atoms with van der Waals surface area (Å²) in [5.41, 5.74) is -0.678. The molecule has 4 N–H and O–H groups in total. The number of hydrogen-bond acceptors (Lipinski definition) is 5. The molecule has 0 saturated carbocycles. The lowest BCUT2D eigenvalue weighted by atomic mass is 9.86. The van der Waals surface area contributed by atoms with Gasteiger partial charge in [-0.05, 0) is 44.4 Å². The summed E-state index contributed by atoms with van der Waals surface area (Å²) in [7, 11) is 0. The summed E-state index contributed by atoms with van der Waals surface area (Å²) in [4.78, 5) is 23.4. The standard InChI is InChI=1S/C18H26N2O5S/c1-17(2,3)13(15(22)23)20-14(26)11-9-10(7-8-12(11)21)19-16(24)25-18(4,5)6/h7-9,13,21H,1-6H3,(H,19,24)(H,20,26)(H,22,23)/t13-/m1/s1. The SMILES string of the molecule is CC(C)(C)OC(=O)Nc1ccc(O)c(C(=S)N[C@H](C(=O)O)C(C)(C)C)c1. The number of phenolic OH excluding ortho intramolecular Hbond substituents is 1. The summed E-state index contributed by atoms with van der Waals surface area (Å²) >= 11 is 5.25. The van der Waals surface area contributed by atoms with Crippen LogP contribution in [0.5, 0.6) is 5.75 Å². The maximum absolute atomic E-state index is 11.9. The predicted molar refractivity (Wildman–Crippen MR) is 104 cm³/mol. The van der Waals surface area contributed by atoms with Crippen LogP contribution in [0.3, 0.4) is 0 Å². The third kappa shape index (κ3) is 6.51. The number of carbonyl (C=O) groups excluding carboxylic acids is 1. The Bertz CT molecular complexity index is 705. The first-order valence-corrected chi connectivity index (χ1v) is 8.48. The van der Waals surface area contributed by atoms with Gasteiger partial charge in [0.25, 0.3) is 0 Å². The maximum atomic E-state index is 11.9. The van der Waals surface area contributed by atoms with Gasteiger partial charge in [-0.2, -0.15) is 0 Å². The van der Waals surface area contributed by atoms with Crippen LogP contribution in [0.15, 0.2) is 18.2 Å². The quantitative estimate of drug-likeness (QED) is 0.466. The topological polar surface area (TPSA) is 108 Å². The molecule has 0 aliphatic rings. The van der Waals surface area contributed by atoms with E-state index in [-0.39, 0.29) is 16.3 Å². The zero-order chi connectivity index (χ0) is 20.3. The van der Waals surface area contributed by atoms with Gasteiger partial charge < -0.3 is 20.3 Å². The molecule has 26 heavy (non-hydrogen) atoms. The number of benzene rings is 1. The van der Waals surface area contributed by atoms with Gasteiger partial charge in [-0.25, -0.2) is 9.59 Å². The second-order valence-electron chi connectivity index (χ2n) is 7.97. The number of carbonyl (C=O) groups is 2. The Balaban J connectivity index is 3.01. The number of hydrogen-bond donors (Lipinski definition) is 4. The van der Waals surface area contributed by atoms with E-state index in [1.807, 2.05) is 0 Å². The largest absolute Gasteiger partial charge is 0.507 e. The first-order valence-electron chi connectivity index (χ1n) is 8.07. The maximum Gasteiger partial charge on any atom is 0.412 e. The third-order valence-electron chi connectivity index (χ3n) is 3.27. The van der Waals surface area contributed by atoms with Crippen molar-refractivity contribution < 1.29 is 24.5 Å². The predicted octanol–water partition coefficient (Wildman–Crippen LogP) is 3.50. The molecule has 1 aromatic carbocycles. The molecule has 1 atom stereocenters. The van der Waals surface area contributed by atoms with Gasteiger partial charge in [-0.15, -0.1) is 0 Å². The number of nitrogens with one attached hydrogen (secondary N) is 2. The van der Waals surface area contributed by atoms with Crippen LogP contribution in [-0.2, 0) is 9.53 Å². The Morgan fingerprint density at radius 1 is 1.15 bits per heavy atom. The first kappa shape index (κ1) is 21.7. The van der Waals surface area contributed by atoms with Crippen LogP contribution in [0, 0.1) is 5.41 Å². The number of carboxylic acids is 1. The fourth-order valence-electron chi connectivity index (χ4n) is 2.07. The lowest BCUT2D eigenvalue weighted by Crippen LogP contribution is -2.48. The van der Waals surface area contributed by atoms with Crippen molar-refractivity contribution in [3.8, 4) is 5.75 Å². The van der Waals surface area contributed by atoms with Crippen molar-refractivity contribution in [1.82, 2.24) is 5.32 Å². The normalized spacial score (nSPS) is 12.8. The molecule has 1 aromatic rings. The molecular formula is C18H26N2O5S. The van der Waals surface area contributed by atoms with Crippen LogP contribution in [0.25, 0.3) is 0 Å². The minimum absolute atomic E-state index is 0.0673. The van der Waals surface area contributed by atoms with Crippen molar-refractivity contribution in [2.24, 2.45) is 5.41 Å². The van der Waals surface area contributed by atoms with Crippen LogP contribution >= 0.6 is 12.2 Å². The molecular weight excluding hydrogens is 356 g/mol. The van der Waals surface area contributed by atoms with Crippen LogP contribution in [0.1, 0.15) is 47.1 Å². The number of thiocarbonyl (C=S) groups is 1. The monoisotopic (exact) mass is 382 g/mol. The summed E-state index contributed by atoms with van der Waals surface area (Å²) in [6.07, 6.45) is -0.647. The molecule has 144 valence electrons. The van der Waals surface area contributed by atoms with Crippen molar-refractivity contribution in [3.63, 3.8) is 0 Å². The molecule has 0 aliphatic carbocycles. The van der Waals surface area contributed by atoms with Crippen molar-refractivity contribution >= 4 is 35.0 Å². The third-order valence-corrected chi connectivity index (χ3v) is 3.61. The fraction of sp³-hybridized carbons (Fsp3) is 0.500. The highest BCUT2D eigenvalue weighted by Crippen LogP contribution is 2.25. The number of carboxylic acid groups (broad SMARTS) is 1. The number of aromatic hydroxyl groups is 1. The molecule has 7 nitrogen and oxygen atoms in total. The van der Waals surface area contributed by atoms with E-state index in [2.05, 4.69) is 10.6 Å². The summed E-state index contributed by atoms with van der Waals surface area (Å²) in [5, 5.41) is 24.8. The van der Waals surface area contributed by atoms with Crippen molar-refractivity contribution in [1.29, 1.82) is 0 Å². The zero-order valence-electron chi connectivity index (χ0n) is 15.8. The lowest BCUT2D eigenvalue weighted by molar-refractivity contribution is -0.141. The highest BCUT2D eigenvalue weighted by atomic mass is 32.1. The molecule has 0 aliphatic heterocycles. The first-order chi connectivity index (χ1) is 11.7. The molecule has 0 spiro atoms. The number of ether oxygens (including phenoxy) is 1. The van der Waals surface area contributed by atoms with Gasteiger partial charge in [0.15, 0.2) is 0 Å². The zero-order valence-corrected chi connectivity index (χ0v) is 16.7. The van der Waals surface area contributed by atoms with Gasteiger partial charge in [0.1, 0.15) is 22.4 Å². The van der Waals surface area contributed by atoms with E-state index in [4.69, 9.17) is 17.0 Å². The smallest absolute Gasteiger partial charge is 0.412 e. The number of anilines is 1. The summed E-state index contributed by atoms with van der Waals surface area (Å²) in [6.45, 7) is 10.5. The summed E-state index contributed by atoms with van der Waals surface area (Å²) in [5.74, 6) is -1.18. The van der Waals surface area contributed by atoms with E-state index in [0.29, 0.717) is 5.69 Å². The molecule has 0 saturated heterocycles. The van der Waals surface area contributed by atoms with E-state index in [1.165, 1.54) is 18.2 Å². The van der Waals surface area contributed by atoms with Gasteiger partial charge in [-0.3, -0.25) is 5.32 Å². The molecule has 0 unspecified atom stereocenters. The Labute approximate surface area is 158 Å². The van der Waals surface area contributed by atoms with Gasteiger partial charge in [0.05, 0.1) is 5.56 Å². The Hall–Kier alpha value is -2.35. The molecule has 1 rings (SSSR count). The molecule has 0 heterocycles. The highest BCUT2D eigenvalue weighted by Gasteiger charge is 2.32. The van der Waals surface area contributed by atoms with Crippen molar-refractivity contribution in [3.05, 3.63) is 23.8 Å². The molecule has 0 fully saturated rings. The van der Waals surface area contributed by atoms with Gasteiger partial charge >= 0.3 is 12.1 Å². The van der Waals surface area contributed by atoms with E-state index >= 15 is 0 Å². The fourth-order valence-corrected chi connectivity index (χ4v) is 2.36. The van der Waals surface area contributed by atoms with E-state index < -0.39 is 29.1 Å². The van der Waals surface area contributed by atoms with E-state index in [9.17, 15) is 19.8 Å². The Morgan fingerprint density at radius 3 is 2.19 bits per heavy atom. The molecule has 8 heteroatoms. The number of rotatable bonds is 4. The summed E-state index contributed by atoms with van der Waals surface area (Å²) < 4.78 is 5.17. The lowest BCUT2D eigenvalue weighted by Gasteiger charge is -2.29. The molecule has 0 radical (unpaired) electrons. The molecule has 0 bridgehead atoms. The second kappa shape index (κ2) is 7.90. The van der Waals surface area contributed by atoms with E-state index in [0.717, 1.165) is 0 Å². The van der Waals surface area contributed by atoms with Gasteiger partial charge in [0, 0.05) is 5.69 Å². The molecule has 0 aromatic heterocycles. The average molecular weight is 382 g/mol. The van der Waals surface area contributed by atoms with Crippen molar-refractivity contribution in [2.45, 2.75) is 53.2 Å². The summed E-state index contributed by atoms with van der Waals surface area (Å²) in [6, 6.07) is 3.36. The van der Waals surface area contributed by atoms with Gasteiger partial charge in [0.2, 0.25) is 0 Å². The second-order valence-corrected chi connectivity index (χ2v) is 8.38. The minimum atomic E-state index is -1.05. The number of amides is 1. The Morgan fingerprint density at radius 2 is 1.73 bits per heavy atom. The van der Waals surface area contributed by atoms with Crippen LogP contribution in [0.4, 0.5) is 10.5 Å². The average Bonchev–Trinajstić information content (AvgIpc) is 2.42. The van der Waals surface area contributed by atoms with Crippen LogP contribution in [-0.4, -0.2) is 38.9 Å². The number of phenols is 1. The minimum Gasteiger partial charge on any atom is -0.507 e. The highest BCUT2D eigenvalue weighted by molar-refractivity contribution is 7.80. The number of aliphatic carboxylic acids is 1. The molecule has 1 amide bonds. The van der Waals surface area contributed by atoms with Crippen molar-refractivity contribution in [2.75, 3.05) is 5.32 Å². The van der Waals surface area contributed by atoms with Crippen LogP contribution < -0.4 is 10.6 Å². The van der Waals surface area contributed by atoms with Gasteiger partial charge in [-0.1, -0.05) is 33.0 Å². The van der Waals surface area contributed by atoms with Crippen LogP contribution in [0.2, 0.25) is 0 Å².